The lowest BCUT2D eigenvalue weighted by Gasteiger charge is -2.18. The number of nitrogens with one attached hydrogen (secondary N) is 2. The predicted octanol–water partition coefficient (Wildman–Crippen LogP) is 5.20. The Labute approximate surface area is 362 Å². The maximum absolute atomic E-state index is 9.80. The smallest absolute Gasteiger partial charge is 0.187 e. The highest BCUT2D eigenvalue weighted by molar-refractivity contribution is 6.11. The quantitative estimate of drug-likeness (QED) is 0.197. The van der Waals surface area contributed by atoms with Crippen molar-refractivity contribution in [2.75, 3.05) is 0 Å². The normalized spacial score (nSPS) is 20.9. The number of nitriles is 2. The van der Waals surface area contributed by atoms with Gasteiger partial charge in [-0.1, -0.05) is 72.9 Å². The Kier molecular flexibility index (Phi) is 7.35. The van der Waals surface area contributed by atoms with E-state index in [1.165, 1.54) is 0 Å². The minimum atomic E-state index is -0.291. The summed E-state index contributed by atoms with van der Waals surface area (Å²) < 4.78 is 0. The van der Waals surface area contributed by atoms with Crippen LogP contribution in [0.15, 0.2) is 84.9 Å². The molecule has 13 rings (SSSR count). The van der Waals surface area contributed by atoms with Gasteiger partial charge in [-0.25, -0.2) is 39.6 Å². The molecule has 12 nitrogen and oxygen atoms in total. The molecule has 6 aliphatic rings. The minimum Gasteiger partial charge on any atom is -0.331 e. The van der Waals surface area contributed by atoms with Crippen molar-refractivity contribution in [2.24, 2.45) is 0 Å². The topological polar surface area (TPSA) is 165 Å². The number of aromatic nitrogens is 8. The second kappa shape index (κ2) is 13.2. The molecule has 296 valence electrons. The Balaban J connectivity index is 1.15. The van der Waals surface area contributed by atoms with Gasteiger partial charge in [0.1, 0.15) is 46.2 Å². The van der Waals surface area contributed by atoms with Gasteiger partial charge < -0.3 is 9.97 Å². The van der Waals surface area contributed by atoms with Gasteiger partial charge in [-0.2, -0.15) is 10.5 Å². The summed E-state index contributed by atoms with van der Waals surface area (Å²) in [7, 11) is 0. The van der Waals surface area contributed by atoms with Crippen LogP contribution in [0.2, 0.25) is 0 Å². The summed E-state index contributed by atoms with van der Waals surface area (Å²) in [6.45, 7) is 15.4. The second-order valence-corrected chi connectivity index (χ2v) is 16.9. The average Bonchev–Trinajstić information content (AvgIpc) is 4.04. The van der Waals surface area contributed by atoms with Crippen molar-refractivity contribution < 1.29 is 0 Å². The van der Waals surface area contributed by atoms with Crippen LogP contribution >= 0.6 is 0 Å². The molecule has 6 atom stereocenters. The van der Waals surface area contributed by atoms with Crippen molar-refractivity contribution in [1.29, 1.82) is 10.5 Å². The first-order valence-electron chi connectivity index (χ1n) is 20.8. The molecule has 0 amide bonds. The van der Waals surface area contributed by atoms with Crippen molar-refractivity contribution in [2.45, 2.75) is 35.5 Å². The molecule has 5 heterocycles. The maximum atomic E-state index is 9.80. The van der Waals surface area contributed by atoms with Crippen LogP contribution in [-0.2, 0) is 0 Å². The zero-order chi connectivity index (χ0) is 42.8. The van der Waals surface area contributed by atoms with Crippen LogP contribution in [0.3, 0.4) is 0 Å². The minimum absolute atomic E-state index is 0.231. The fraction of sp³-hybridized carbons (Fsp3) is 0.115. The Hall–Kier alpha value is -9.10. The molecule has 3 aliphatic heterocycles. The van der Waals surface area contributed by atoms with E-state index in [9.17, 15) is 10.5 Å². The zero-order valence-electron chi connectivity index (χ0n) is 33.5. The molecule has 7 aromatic rings. The van der Waals surface area contributed by atoms with E-state index in [1.807, 2.05) is 72.8 Å². The molecule has 2 aromatic heterocycles. The van der Waals surface area contributed by atoms with E-state index in [0.29, 0.717) is 68.7 Å². The first kappa shape index (κ1) is 35.6. The molecule has 8 bridgehead atoms. The summed E-state index contributed by atoms with van der Waals surface area (Å²) in [5.74, 6) is 2.05. The lowest BCUT2D eigenvalue weighted by atomic mass is 9.86. The number of H-pyrrole nitrogens is 2. The van der Waals surface area contributed by atoms with E-state index < -0.39 is 0 Å². The molecule has 0 saturated heterocycles. The first-order chi connectivity index (χ1) is 31.4. The van der Waals surface area contributed by atoms with Crippen LogP contribution in [0, 0.1) is 35.8 Å². The molecule has 2 N–H and O–H groups in total. The van der Waals surface area contributed by atoms with Gasteiger partial charge >= 0.3 is 0 Å². The fourth-order valence-corrected chi connectivity index (χ4v) is 10.1. The molecule has 5 aromatic carbocycles. The van der Waals surface area contributed by atoms with E-state index in [0.717, 1.165) is 52.9 Å². The fourth-order valence-electron chi connectivity index (χ4n) is 10.1. The lowest BCUT2D eigenvalue weighted by Crippen LogP contribution is -2.31. The average molecular weight is 821 g/mol. The monoisotopic (exact) mass is 820 g/mol. The first-order valence-corrected chi connectivity index (χ1v) is 20.8. The zero-order valence-corrected chi connectivity index (χ0v) is 33.5. The summed E-state index contributed by atoms with van der Waals surface area (Å²) >= 11 is 0. The molecular formula is C52H28N12. The van der Waals surface area contributed by atoms with Gasteiger partial charge in [0.25, 0.3) is 0 Å². The summed E-state index contributed by atoms with van der Waals surface area (Å²) in [6.07, 6.45) is 13.0. The number of nitrogens with zero attached hydrogens (tertiary/aromatic N) is 10. The van der Waals surface area contributed by atoms with Crippen LogP contribution < -0.4 is 31.3 Å². The van der Waals surface area contributed by atoms with Gasteiger partial charge in [0, 0.05) is 22.6 Å². The second-order valence-electron chi connectivity index (χ2n) is 16.9. The van der Waals surface area contributed by atoms with Gasteiger partial charge in [-0.3, -0.25) is 0 Å². The summed E-state index contributed by atoms with van der Waals surface area (Å²) in [4.78, 5) is 46.5. The van der Waals surface area contributed by atoms with Crippen molar-refractivity contribution in [3.05, 3.63) is 185 Å². The summed E-state index contributed by atoms with van der Waals surface area (Å²) in [5, 5.41) is 28.9. The third-order valence-electron chi connectivity index (χ3n) is 13.2. The molecule has 12 heteroatoms. The lowest BCUT2D eigenvalue weighted by molar-refractivity contribution is 0.746. The molecule has 6 unspecified atom stereocenters. The number of fused-ring (bicyclic) bond motifs is 24. The van der Waals surface area contributed by atoms with Crippen LogP contribution in [0.1, 0.15) is 81.6 Å². The summed E-state index contributed by atoms with van der Waals surface area (Å²) in [6, 6.07) is 31.5. The molecular weight excluding hydrogens is 793 g/mol. The Morgan fingerprint density at radius 1 is 0.422 bits per heavy atom. The molecule has 0 fully saturated rings. The van der Waals surface area contributed by atoms with E-state index in [-0.39, 0.29) is 35.5 Å². The van der Waals surface area contributed by atoms with Gasteiger partial charge in [0.15, 0.2) is 11.4 Å². The molecule has 64 heavy (non-hydrogen) atoms. The van der Waals surface area contributed by atoms with Crippen LogP contribution in [0.5, 0.6) is 0 Å². The van der Waals surface area contributed by atoms with Crippen LogP contribution in [0.4, 0.5) is 11.4 Å². The number of hydrogen-bond acceptors (Lipinski definition) is 8. The number of aromatic amines is 2. The van der Waals surface area contributed by atoms with Crippen LogP contribution in [-0.4, -0.2) is 39.9 Å². The number of benzene rings is 5. The van der Waals surface area contributed by atoms with E-state index in [1.54, 1.807) is 0 Å². The Bertz CT molecular complexity index is 4150. The Morgan fingerprint density at radius 2 is 0.859 bits per heavy atom. The van der Waals surface area contributed by atoms with Crippen molar-refractivity contribution >= 4 is 80.7 Å². The Morgan fingerprint density at radius 3 is 1.41 bits per heavy atom. The number of hydrogen-bond donors (Lipinski definition) is 2. The highest BCUT2D eigenvalue weighted by Crippen LogP contribution is 2.44. The van der Waals surface area contributed by atoms with Gasteiger partial charge in [-0.15, -0.1) is 0 Å². The van der Waals surface area contributed by atoms with Crippen molar-refractivity contribution in [1.82, 2.24) is 39.9 Å². The van der Waals surface area contributed by atoms with Gasteiger partial charge in [-0.05, 0) is 90.6 Å². The highest BCUT2D eigenvalue weighted by atomic mass is 15.1. The van der Waals surface area contributed by atoms with E-state index in [4.69, 9.17) is 43.0 Å². The third-order valence-corrected chi connectivity index (χ3v) is 13.2. The SMILES string of the molecule is [C-]#[N+]c1ccc2c(c1)=CC1c3nc(nc4[nH]c(nc5nc(nc6[nH]c(n3)c3cc7ccc([N+]#[C-])cc7cc63)C3C=c6ccc(C#N)cc6=CC53)C3C=c5ccc(C#N)cc5=CC43)C1C=2. The van der Waals surface area contributed by atoms with Crippen molar-refractivity contribution in [3.63, 3.8) is 0 Å². The summed E-state index contributed by atoms with van der Waals surface area (Å²) in [5.41, 5.74) is 3.38. The molecule has 3 aliphatic carbocycles. The molecule has 0 radical (unpaired) electrons. The van der Waals surface area contributed by atoms with E-state index >= 15 is 0 Å². The van der Waals surface area contributed by atoms with Crippen molar-refractivity contribution in [3.8, 4) is 12.1 Å². The standard InChI is InChI=1S/C52H28N12/c1-55-35-9-7-29-17-39-43(21-33(29)13-35)52-62-47(39)60-50-41-19-31-11-25(23-53)3-5-27(31)15-37(41)45(58-50)57-49-42-20-32-12-26(24-54)4-6-28(32)16-38(42)46(59-49)61-51-44-22-34-14-36(56-2)10-8-30(34)18-40(44)48(63-51)64-52/h3-22,37-39,41-43,63H,(H,57,58,59,60,61,62,64). The van der Waals surface area contributed by atoms with Crippen LogP contribution in [0.25, 0.3) is 79.0 Å². The van der Waals surface area contributed by atoms with E-state index in [2.05, 4.69) is 80.4 Å². The largest absolute Gasteiger partial charge is 0.331 e. The molecule has 0 saturated carbocycles. The van der Waals surface area contributed by atoms with Gasteiger partial charge in [0.05, 0.1) is 60.1 Å². The predicted molar refractivity (Wildman–Crippen MR) is 241 cm³/mol. The molecule has 0 spiro atoms. The number of rotatable bonds is 0. The highest BCUT2D eigenvalue weighted by Gasteiger charge is 2.38. The third kappa shape index (κ3) is 5.37. The maximum Gasteiger partial charge on any atom is 0.187 e. The van der Waals surface area contributed by atoms with Gasteiger partial charge in [0.2, 0.25) is 0 Å².